The summed E-state index contributed by atoms with van der Waals surface area (Å²) < 4.78 is 0. The van der Waals surface area contributed by atoms with Crippen molar-refractivity contribution < 1.29 is 9.90 Å². The number of hydrogen-bond donors (Lipinski definition) is 1. The predicted octanol–water partition coefficient (Wildman–Crippen LogP) is 1.88. The van der Waals surface area contributed by atoms with Gasteiger partial charge in [0, 0.05) is 31.6 Å². The molecule has 0 unspecified atom stereocenters. The Morgan fingerprint density at radius 3 is 2.50 bits per heavy atom. The van der Waals surface area contributed by atoms with Crippen LogP contribution in [0.15, 0.2) is 24.3 Å². The monoisotopic (exact) mass is 241 g/mol. The maximum atomic E-state index is 11.9. The zero-order valence-electron chi connectivity index (χ0n) is 9.32. The number of carbonyl (C=O) groups is 1. The lowest BCUT2D eigenvalue weighted by Gasteiger charge is -2.16. The van der Waals surface area contributed by atoms with Gasteiger partial charge in [0.15, 0.2) is 0 Å². The lowest BCUT2D eigenvalue weighted by molar-refractivity contribution is 0.0786. The second-order valence-electron chi connectivity index (χ2n) is 3.63. The van der Waals surface area contributed by atoms with Gasteiger partial charge in [0.1, 0.15) is 0 Å². The number of halogens is 1. The van der Waals surface area contributed by atoms with Gasteiger partial charge in [0.05, 0.1) is 0 Å². The highest BCUT2D eigenvalue weighted by Crippen LogP contribution is 2.09. The fourth-order valence-corrected chi connectivity index (χ4v) is 1.54. The molecule has 0 aliphatic carbocycles. The molecule has 0 saturated heterocycles. The molecule has 1 amide bonds. The van der Waals surface area contributed by atoms with Crippen LogP contribution >= 0.6 is 11.6 Å². The van der Waals surface area contributed by atoms with E-state index >= 15 is 0 Å². The molecular weight excluding hydrogens is 226 g/mol. The van der Waals surface area contributed by atoms with Crippen molar-refractivity contribution in [3.8, 4) is 0 Å². The second kappa shape index (κ2) is 6.51. The maximum absolute atomic E-state index is 11.9. The predicted molar refractivity (Wildman–Crippen MR) is 64.7 cm³/mol. The van der Waals surface area contributed by atoms with Crippen LogP contribution in [0.3, 0.4) is 0 Å². The number of benzene rings is 1. The van der Waals surface area contributed by atoms with Gasteiger partial charge in [-0.2, -0.15) is 0 Å². The summed E-state index contributed by atoms with van der Waals surface area (Å²) in [5.41, 5.74) is 1.64. The van der Waals surface area contributed by atoms with E-state index < -0.39 is 0 Å². The SMILES string of the molecule is CN(CCCO)C(=O)c1ccc(CCl)cc1. The zero-order chi connectivity index (χ0) is 12.0. The number of rotatable bonds is 5. The van der Waals surface area contributed by atoms with Crippen molar-refractivity contribution in [1.82, 2.24) is 4.90 Å². The molecule has 1 aromatic carbocycles. The summed E-state index contributed by atoms with van der Waals surface area (Å²) in [5.74, 6) is 0.420. The third kappa shape index (κ3) is 3.51. The summed E-state index contributed by atoms with van der Waals surface area (Å²) in [6.45, 7) is 0.662. The molecule has 88 valence electrons. The van der Waals surface area contributed by atoms with E-state index in [-0.39, 0.29) is 12.5 Å². The van der Waals surface area contributed by atoms with Crippen LogP contribution in [0.1, 0.15) is 22.3 Å². The van der Waals surface area contributed by atoms with Crippen molar-refractivity contribution in [2.24, 2.45) is 0 Å². The molecule has 0 bridgehead atoms. The first kappa shape index (κ1) is 13.0. The van der Waals surface area contributed by atoms with Gasteiger partial charge in [-0.15, -0.1) is 11.6 Å². The highest BCUT2D eigenvalue weighted by Gasteiger charge is 2.10. The summed E-state index contributed by atoms with van der Waals surface area (Å²) in [6.07, 6.45) is 0.599. The Morgan fingerprint density at radius 2 is 2.00 bits per heavy atom. The zero-order valence-corrected chi connectivity index (χ0v) is 10.1. The van der Waals surface area contributed by atoms with E-state index in [1.54, 1.807) is 24.1 Å². The molecule has 0 heterocycles. The van der Waals surface area contributed by atoms with Crippen LogP contribution < -0.4 is 0 Å². The van der Waals surface area contributed by atoms with Crippen LogP contribution in [-0.4, -0.2) is 36.1 Å². The molecule has 0 atom stereocenters. The highest BCUT2D eigenvalue weighted by molar-refractivity contribution is 6.17. The lowest BCUT2D eigenvalue weighted by Crippen LogP contribution is -2.28. The van der Waals surface area contributed by atoms with Crippen LogP contribution in [0.4, 0.5) is 0 Å². The third-order valence-corrected chi connectivity index (χ3v) is 2.66. The Kier molecular flexibility index (Phi) is 5.29. The molecule has 3 nitrogen and oxygen atoms in total. The quantitative estimate of drug-likeness (QED) is 0.800. The number of nitrogens with zero attached hydrogens (tertiary/aromatic N) is 1. The molecule has 0 aliphatic heterocycles. The summed E-state index contributed by atoms with van der Waals surface area (Å²) in [6, 6.07) is 7.24. The molecule has 1 aromatic rings. The summed E-state index contributed by atoms with van der Waals surface area (Å²) in [7, 11) is 1.73. The number of aliphatic hydroxyl groups is 1. The standard InChI is InChI=1S/C12H16ClNO2/c1-14(7-2-8-15)12(16)11-5-3-10(9-13)4-6-11/h3-6,15H,2,7-9H2,1H3. The first-order valence-electron chi connectivity index (χ1n) is 5.20. The molecule has 0 radical (unpaired) electrons. The first-order valence-corrected chi connectivity index (χ1v) is 5.73. The Morgan fingerprint density at radius 1 is 1.38 bits per heavy atom. The lowest BCUT2D eigenvalue weighted by atomic mass is 10.1. The van der Waals surface area contributed by atoms with Crippen molar-refractivity contribution >= 4 is 17.5 Å². The Bertz CT molecular complexity index is 337. The molecule has 16 heavy (non-hydrogen) atoms. The minimum Gasteiger partial charge on any atom is -0.396 e. The number of alkyl halides is 1. The van der Waals surface area contributed by atoms with Gasteiger partial charge >= 0.3 is 0 Å². The first-order chi connectivity index (χ1) is 7.69. The van der Waals surface area contributed by atoms with E-state index in [1.807, 2.05) is 12.1 Å². The average Bonchev–Trinajstić information content (AvgIpc) is 2.35. The van der Waals surface area contributed by atoms with Gasteiger partial charge in [-0.1, -0.05) is 12.1 Å². The van der Waals surface area contributed by atoms with Gasteiger partial charge < -0.3 is 10.0 Å². The minimum absolute atomic E-state index is 0.0328. The van der Waals surface area contributed by atoms with Crippen LogP contribution in [0.25, 0.3) is 0 Å². The molecule has 1 rings (SSSR count). The molecule has 1 N–H and O–H groups in total. The van der Waals surface area contributed by atoms with E-state index in [4.69, 9.17) is 16.7 Å². The summed E-state index contributed by atoms with van der Waals surface area (Å²) in [5, 5.41) is 8.68. The fraction of sp³-hybridized carbons (Fsp3) is 0.417. The number of amides is 1. The van der Waals surface area contributed by atoms with Crippen LogP contribution in [0.5, 0.6) is 0 Å². The van der Waals surface area contributed by atoms with Crippen LogP contribution in [-0.2, 0) is 5.88 Å². The van der Waals surface area contributed by atoms with Gasteiger partial charge in [0.2, 0.25) is 0 Å². The topological polar surface area (TPSA) is 40.5 Å². The Labute approximate surface area is 101 Å². The molecule has 0 spiro atoms. The van der Waals surface area contributed by atoms with Crippen molar-refractivity contribution in [1.29, 1.82) is 0 Å². The second-order valence-corrected chi connectivity index (χ2v) is 3.90. The van der Waals surface area contributed by atoms with Gasteiger partial charge in [-0.25, -0.2) is 0 Å². The minimum atomic E-state index is -0.0328. The van der Waals surface area contributed by atoms with Crippen molar-refractivity contribution in [3.05, 3.63) is 35.4 Å². The van der Waals surface area contributed by atoms with E-state index in [9.17, 15) is 4.79 Å². The third-order valence-electron chi connectivity index (χ3n) is 2.35. The summed E-state index contributed by atoms with van der Waals surface area (Å²) >= 11 is 5.67. The Hall–Kier alpha value is -1.06. The molecular formula is C12H16ClNO2. The molecule has 0 aliphatic rings. The van der Waals surface area contributed by atoms with Crippen molar-refractivity contribution in [2.45, 2.75) is 12.3 Å². The average molecular weight is 242 g/mol. The number of hydrogen-bond acceptors (Lipinski definition) is 2. The molecule has 4 heteroatoms. The van der Waals surface area contributed by atoms with E-state index in [1.165, 1.54) is 0 Å². The summed E-state index contributed by atoms with van der Waals surface area (Å²) in [4.78, 5) is 13.5. The number of aliphatic hydroxyl groups excluding tert-OH is 1. The van der Waals surface area contributed by atoms with Crippen LogP contribution in [0.2, 0.25) is 0 Å². The van der Waals surface area contributed by atoms with E-state index in [2.05, 4.69) is 0 Å². The van der Waals surface area contributed by atoms with E-state index in [0.717, 1.165) is 5.56 Å². The smallest absolute Gasteiger partial charge is 0.253 e. The van der Waals surface area contributed by atoms with Crippen molar-refractivity contribution in [2.75, 3.05) is 20.2 Å². The molecule has 0 aromatic heterocycles. The van der Waals surface area contributed by atoms with Gasteiger partial charge in [0.25, 0.3) is 5.91 Å². The Balaban J connectivity index is 2.64. The number of carbonyl (C=O) groups excluding carboxylic acids is 1. The molecule has 0 fully saturated rings. The largest absolute Gasteiger partial charge is 0.396 e. The normalized spacial score (nSPS) is 10.2. The highest BCUT2D eigenvalue weighted by atomic mass is 35.5. The van der Waals surface area contributed by atoms with Crippen molar-refractivity contribution in [3.63, 3.8) is 0 Å². The van der Waals surface area contributed by atoms with E-state index in [0.29, 0.717) is 24.4 Å². The van der Waals surface area contributed by atoms with Gasteiger partial charge in [-0.05, 0) is 24.1 Å². The maximum Gasteiger partial charge on any atom is 0.253 e. The fourth-order valence-electron chi connectivity index (χ4n) is 1.37. The molecule has 0 saturated carbocycles. The van der Waals surface area contributed by atoms with Gasteiger partial charge in [-0.3, -0.25) is 4.79 Å². The van der Waals surface area contributed by atoms with Crippen LogP contribution in [0, 0.1) is 0 Å².